The quantitative estimate of drug-likeness (QED) is 0.850. The van der Waals surface area contributed by atoms with Crippen molar-refractivity contribution < 1.29 is 27.5 Å². The first-order chi connectivity index (χ1) is 8.70. The number of hydrogen-bond donors (Lipinski definition) is 1. The minimum absolute atomic E-state index is 0.226. The van der Waals surface area contributed by atoms with Crippen LogP contribution < -0.4 is 5.73 Å². The smallest absolute Gasteiger partial charge is 0.416 e. The molecule has 1 aromatic carbocycles. The molecule has 0 saturated heterocycles. The number of carbonyl (C=O) groups excluding carboxylic acids is 2. The molecule has 0 aromatic heterocycles. The van der Waals surface area contributed by atoms with Crippen LogP contribution in [0.25, 0.3) is 0 Å². The highest BCUT2D eigenvalue weighted by molar-refractivity contribution is 5.82. The lowest BCUT2D eigenvalue weighted by Crippen LogP contribution is -2.30. The second kappa shape index (κ2) is 5.73. The summed E-state index contributed by atoms with van der Waals surface area (Å²) < 4.78 is 41.6. The Morgan fingerprint density at radius 3 is 2.21 bits per heavy atom. The molecule has 0 saturated carbocycles. The summed E-state index contributed by atoms with van der Waals surface area (Å²) >= 11 is 0. The summed E-state index contributed by atoms with van der Waals surface area (Å²) in [5.74, 6) is -1.52. The van der Waals surface area contributed by atoms with Crippen molar-refractivity contribution in [2.24, 2.45) is 5.73 Å². The molecule has 1 aromatic rings. The number of hydrogen-bond acceptors (Lipinski definition) is 3. The molecule has 0 fully saturated rings. The fourth-order valence-corrected chi connectivity index (χ4v) is 1.28. The van der Waals surface area contributed by atoms with Crippen molar-refractivity contribution in [3.8, 4) is 0 Å². The summed E-state index contributed by atoms with van der Waals surface area (Å²) in [6.07, 6.45) is -5.71. The van der Waals surface area contributed by atoms with E-state index < -0.39 is 29.7 Å². The van der Waals surface area contributed by atoms with Gasteiger partial charge in [0.15, 0.2) is 6.10 Å². The van der Waals surface area contributed by atoms with E-state index in [4.69, 9.17) is 5.73 Å². The fourth-order valence-electron chi connectivity index (χ4n) is 1.28. The van der Waals surface area contributed by atoms with Gasteiger partial charge in [0.25, 0.3) is 5.91 Å². The van der Waals surface area contributed by atoms with Crippen molar-refractivity contribution in [3.63, 3.8) is 0 Å². The summed E-state index contributed by atoms with van der Waals surface area (Å²) in [5.41, 5.74) is 4.46. The van der Waals surface area contributed by atoms with Crippen LogP contribution in [0.4, 0.5) is 13.2 Å². The first-order valence-electron chi connectivity index (χ1n) is 5.35. The lowest BCUT2D eigenvalue weighted by atomic mass is 10.1. The van der Waals surface area contributed by atoms with Crippen molar-refractivity contribution >= 4 is 11.9 Å². The SMILES string of the molecule is C[C@H](OC(=O)Cc1ccc(C(F)(F)F)cc1)C(N)=O. The Balaban J connectivity index is 2.63. The maximum Gasteiger partial charge on any atom is 0.416 e. The lowest BCUT2D eigenvalue weighted by molar-refractivity contribution is -0.153. The molecule has 2 N–H and O–H groups in total. The number of alkyl halides is 3. The zero-order valence-electron chi connectivity index (χ0n) is 10.0. The van der Waals surface area contributed by atoms with Crippen LogP contribution in [0.15, 0.2) is 24.3 Å². The van der Waals surface area contributed by atoms with E-state index in [-0.39, 0.29) is 6.42 Å². The highest BCUT2D eigenvalue weighted by atomic mass is 19.4. The molecule has 0 bridgehead atoms. The number of nitrogens with two attached hydrogens (primary N) is 1. The Labute approximate surface area is 107 Å². The number of amides is 1. The number of esters is 1. The third-order valence-corrected chi connectivity index (χ3v) is 2.34. The third kappa shape index (κ3) is 4.61. The van der Waals surface area contributed by atoms with Crippen LogP contribution in [0.1, 0.15) is 18.1 Å². The van der Waals surface area contributed by atoms with Crippen molar-refractivity contribution in [2.75, 3.05) is 0 Å². The highest BCUT2D eigenvalue weighted by Crippen LogP contribution is 2.29. The maximum atomic E-state index is 12.3. The summed E-state index contributed by atoms with van der Waals surface area (Å²) in [4.78, 5) is 22.0. The van der Waals surface area contributed by atoms with Gasteiger partial charge in [-0.25, -0.2) is 0 Å². The van der Waals surface area contributed by atoms with Gasteiger partial charge < -0.3 is 10.5 Å². The van der Waals surface area contributed by atoms with Crippen LogP contribution >= 0.6 is 0 Å². The van der Waals surface area contributed by atoms with Crippen LogP contribution in [0.3, 0.4) is 0 Å². The third-order valence-electron chi connectivity index (χ3n) is 2.34. The predicted octanol–water partition coefficient (Wildman–Crippen LogP) is 1.66. The van der Waals surface area contributed by atoms with Crippen molar-refractivity contribution in [2.45, 2.75) is 25.6 Å². The number of primary amides is 1. The summed E-state index contributed by atoms with van der Waals surface area (Å²) in [6.45, 7) is 1.31. The van der Waals surface area contributed by atoms with Gasteiger partial charge in [-0.3, -0.25) is 9.59 Å². The number of benzene rings is 1. The van der Waals surface area contributed by atoms with Gasteiger partial charge in [0.1, 0.15) is 0 Å². The summed E-state index contributed by atoms with van der Waals surface area (Å²) in [7, 11) is 0. The van der Waals surface area contributed by atoms with Crippen LogP contribution in [0.2, 0.25) is 0 Å². The summed E-state index contributed by atoms with van der Waals surface area (Å²) in [5, 5.41) is 0. The number of ether oxygens (including phenoxy) is 1. The van der Waals surface area contributed by atoms with E-state index in [2.05, 4.69) is 4.74 Å². The normalized spacial score (nSPS) is 12.8. The molecule has 4 nitrogen and oxygen atoms in total. The molecule has 1 amide bonds. The molecule has 1 atom stereocenters. The Hall–Kier alpha value is -2.05. The fraction of sp³-hybridized carbons (Fsp3) is 0.333. The largest absolute Gasteiger partial charge is 0.452 e. The average molecular weight is 275 g/mol. The van der Waals surface area contributed by atoms with Crippen LogP contribution in [-0.4, -0.2) is 18.0 Å². The predicted molar refractivity (Wildman–Crippen MR) is 59.9 cm³/mol. The molecular formula is C12H12F3NO3. The Kier molecular flexibility index (Phi) is 4.52. The molecular weight excluding hydrogens is 263 g/mol. The molecule has 7 heteroatoms. The number of halogens is 3. The second-order valence-electron chi connectivity index (χ2n) is 3.91. The molecule has 0 aliphatic heterocycles. The molecule has 19 heavy (non-hydrogen) atoms. The molecule has 0 unspecified atom stereocenters. The zero-order valence-corrected chi connectivity index (χ0v) is 10.0. The van der Waals surface area contributed by atoms with Crippen molar-refractivity contribution in [1.29, 1.82) is 0 Å². The lowest BCUT2D eigenvalue weighted by Gasteiger charge is -2.10. The Morgan fingerprint density at radius 2 is 1.79 bits per heavy atom. The zero-order chi connectivity index (χ0) is 14.6. The topological polar surface area (TPSA) is 69.4 Å². The van der Waals surface area contributed by atoms with Crippen molar-refractivity contribution in [1.82, 2.24) is 0 Å². The van der Waals surface area contributed by atoms with Gasteiger partial charge >= 0.3 is 12.1 Å². The van der Waals surface area contributed by atoms with Gasteiger partial charge in [-0.05, 0) is 24.6 Å². The minimum atomic E-state index is -4.42. The monoisotopic (exact) mass is 275 g/mol. The van der Waals surface area contributed by atoms with Gasteiger partial charge in [0.05, 0.1) is 12.0 Å². The van der Waals surface area contributed by atoms with Gasteiger partial charge in [-0.15, -0.1) is 0 Å². The standard InChI is InChI=1S/C12H12F3NO3/c1-7(11(16)18)19-10(17)6-8-2-4-9(5-3-8)12(13,14)15/h2-5,7H,6H2,1H3,(H2,16,18)/t7-/m0/s1. The van der Waals surface area contributed by atoms with E-state index in [1.54, 1.807) is 0 Å². The molecule has 0 aliphatic rings. The van der Waals surface area contributed by atoms with Crippen molar-refractivity contribution in [3.05, 3.63) is 35.4 Å². The van der Waals surface area contributed by atoms with E-state index in [9.17, 15) is 22.8 Å². The first kappa shape index (κ1) is 15.0. The molecule has 0 radical (unpaired) electrons. The van der Waals surface area contributed by atoms with Gasteiger partial charge in [0.2, 0.25) is 0 Å². The summed E-state index contributed by atoms with van der Waals surface area (Å²) in [6, 6.07) is 4.11. The van der Waals surface area contributed by atoms with E-state index in [1.807, 2.05) is 0 Å². The molecule has 0 aliphatic carbocycles. The van der Waals surface area contributed by atoms with E-state index in [1.165, 1.54) is 19.1 Å². The minimum Gasteiger partial charge on any atom is -0.452 e. The molecule has 104 valence electrons. The van der Waals surface area contributed by atoms with Crippen LogP contribution in [0.5, 0.6) is 0 Å². The van der Waals surface area contributed by atoms with Crippen LogP contribution in [0, 0.1) is 0 Å². The Bertz CT molecular complexity index is 468. The maximum absolute atomic E-state index is 12.3. The molecule has 0 spiro atoms. The molecule has 0 heterocycles. The second-order valence-corrected chi connectivity index (χ2v) is 3.91. The first-order valence-corrected chi connectivity index (χ1v) is 5.35. The Morgan fingerprint density at radius 1 is 1.26 bits per heavy atom. The van der Waals surface area contributed by atoms with Gasteiger partial charge in [-0.1, -0.05) is 12.1 Å². The average Bonchev–Trinajstić information content (AvgIpc) is 2.28. The number of carbonyl (C=O) groups is 2. The highest BCUT2D eigenvalue weighted by Gasteiger charge is 2.30. The van der Waals surface area contributed by atoms with E-state index in [0.29, 0.717) is 5.56 Å². The van der Waals surface area contributed by atoms with Gasteiger partial charge in [0, 0.05) is 0 Å². The number of rotatable bonds is 4. The van der Waals surface area contributed by atoms with E-state index >= 15 is 0 Å². The molecule has 1 rings (SSSR count). The van der Waals surface area contributed by atoms with E-state index in [0.717, 1.165) is 12.1 Å². The van der Waals surface area contributed by atoms with Crippen LogP contribution in [-0.2, 0) is 26.9 Å². The van der Waals surface area contributed by atoms with Gasteiger partial charge in [-0.2, -0.15) is 13.2 Å².